The van der Waals surface area contributed by atoms with Crippen LogP contribution in [-0.4, -0.2) is 25.3 Å². The molecule has 0 aliphatic rings. The summed E-state index contributed by atoms with van der Waals surface area (Å²) in [6, 6.07) is 3.13. The zero-order valence-electron chi connectivity index (χ0n) is 9.03. The molecule has 0 atom stereocenters. The summed E-state index contributed by atoms with van der Waals surface area (Å²) in [5.74, 6) is 0.0351. The van der Waals surface area contributed by atoms with E-state index in [0.717, 1.165) is 5.56 Å². The van der Waals surface area contributed by atoms with Crippen LogP contribution in [0.4, 0.5) is 0 Å². The van der Waals surface area contributed by atoms with Gasteiger partial charge in [0.25, 0.3) is 0 Å². The first kappa shape index (κ1) is 11.4. The first-order chi connectivity index (χ1) is 7.15. The summed E-state index contributed by atoms with van der Waals surface area (Å²) >= 11 is 0. The molecule has 0 saturated carbocycles. The van der Waals surface area contributed by atoms with Crippen molar-refractivity contribution < 1.29 is 19.4 Å². The average Bonchev–Trinajstić information content (AvgIpc) is 2.26. The maximum absolute atomic E-state index is 10.9. The van der Waals surface area contributed by atoms with Gasteiger partial charge in [0.2, 0.25) is 0 Å². The highest BCUT2D eigenvalue weighted by Gasteiger charge is 2.17. The van der Waals surface area contributed by atoms with Gasteiger partial charge in [-0.05, 0) is 18.6 Å². The molecule has 0 heterocycles. The van der Waals surface area contributed by atoms with Gasteiger partial charge in [-0.2, -0.15) is 0 Å². The lowest BCUT2D eigenvalue weighted by Crippen LogP contribution is -2.04. The van der Waals surface area contributed by atoms with Crippen LogP contribution in [0.5, 0.6) is 11.5 Å². The number of carboxylic acid groups (broad SMARTS) is 1. The Labute approximate surface area is 88.4 Å². The molecule has 0 fully saturated rings. The van der Waals surface area contributed by atoms with Gasteiger partial charge >= 0.3 is 5.97 Å². The van der Waals surface area contributed by atoms with E-state index in [0.29, 0.717) is 17.9 Å². The van der Waals surface area contributed by atoms with Gasteiger partial charge in [0, 0.05) is 5.56 Å². The van der Waals surface area contributed by atoms with Crippen LogP contribution in [0, 0.1) is 0 Å². The summed E-state index contributed by atoms with van der Waals surface area (Å²) in [6.07, 6.45) is 0.660. The highest BCUT2D eigenvalue weighted by Crippen LogP contribution is 2.32. The van der Waals surface area contributed by atoms with Crippen molar-refractivity contribution >= 4 is 5.97 Å². The van der Waals surface area contributed by atoms with Crippen LogP contribution in [0.1, 0.15) is 22.8 Å². The van der Waals surface area contributed by atoms with E-state index in [1.807, 2.05) is 6.92 Å². The van der Waals surface area contributed by atoms with Crippen molar-refractivity contribution in [3.63, 3.8) is 0 Å². The molecule has 0 aromatic heterocycles. The SMILES string of the molecule is CCc1c(OC)ccc(C(=O)O)c1OC. The van der Waals surface area contributed by atoms with E-state index in [4.69, 9.17) is 14.6 Å². The number of aromatic carboxylic acids is 1. The third-order valence-corrected chi connectivity index (χ3v) is 2.23. The smallest absolute Gasteiger partial charge is 0.339 e. The van der Waals surface area contributed by atoms with Gasteiger partial charge in [-0.25, -0.2) is 4.79 Å². The average molecular weight is 210 g/mol. The lowest BCUT2D eigenvalue weighted by molar-refractivity contribution is 0.0693. The van der Waals surface area contributed by atoms with Crippen molar-refractivity contribution in [1.82, 2.24) is 0 Å². The summed E-state index contributed by atoms with van der Waals surface area (Å²) in [7, 11) is 3.01. The summed E-state index contributed by atoms with van der Waals surface area (Å²) < 4.78 is 10.3. The number of rotatable bonds is 4. The molecule has 1 N–H and O–H groups in total. The third-order valence-electron chi connectivity index (χ3n) is 2.23. The second-order valence-electron chi connectivity index (χ2n) is 2.99. The molecular formula is C11H14O4. The molecule has 82 valence electrons. The fourth-order valence-corrected chi connectivity index (χ4v) is 1.54. The molecule has 15 heavy (non-hydrogen) atoms. The van der Waals surface area contributed by atoms with Crippen LogP contribution in [0.25, 0.3) is 0 Å². The summed E-state index contributed by atoms with van der Waals surface area (Å²) in [5.41, 5.74) is 0.940. The Morgan fingerprint density at radius 3 is 2.40 bits per heavy atom. The number of ether oxygens (including phenoxy) is 2. The molecule has 0 unspecified atom stereocenters. The van der Waals surface area contributed by atoms with Crippen LogP contribution in [0.3, 0.4) is 0 Å². The van der Waals surface area contributed by atoms with E-state index in [-0.39, 0.29) is 5.56 Å². The lowest BCUT2D eigenvalue weighted by Gasteiger charge is -2.13. The second kappa shape index (κ2) is 4.68. The topological polar surface area (TPSA) is 55.8 Å². The van der Waals surface area contributed by atoms with E-state index < -0.39 is 5.97 Å². The standard InChI is InChI=1S/C11H14O4/c1-4-7-9(14-2)6-5-8(11(12)13)10(7)15-3/h5-6H,4H2,1-3H3,(H,12,13). The van der Waals surface area contributed by atoms with Crippen molar-refractivity contribution in [2.24, 2.45) is 0 Å². The molecule has 0 amide bonds. The predicted molar refractivity (Wildman–Crippen MR) is 55.9 cm³/mol. The Kier molecular flexibility index (Phi) is 3.55. The molecule has 1 aromatic rings. The molecule has 0 radical (unpaired) electrons. The van der Waals surface area contributed by atoms with Crippen LogP contribution < -0.4 is 9.47 Å². The van der Waals surface area contributed by atoms with Gasteiger partial charge in [0.15, 0.2) is 0 Å². The number of hydrogen-bond donors (Lipinski definition) is 1. The van der Waals surface area contributed by atoms with Crippen LogP contribution >= 0.6 is 0 Å². The third kappa shape index (κ3) is 2.03. The molecule has 0 bridgehead atoms. The van der Waals surface area contributed by atoms with Gasteiger partial charge in [-0.15, -0.1) is 0 Å². The number of methoxy groups -OCH3 is 2. The second-order valence-corrected chi connectivity index (χ2v) is 2.99. The van der Waals surface area contributed by atoms with E-state index >= 15 is 0 Å². The highest BCUT2D eigenvalue weighted by molar-refractivity contribution is 5.92. The van der Waals surface area contributed by atoms with Gasteiger partial charge in [-0.1, -0.05) is 6.92 Å². The molecule has 4 heteroatoms. The fourth-order valence-electron chi connectivity index (χ4n) is 1.54. The van der Waals surface area contributed by atoms with Crippen LogP contribution in [0.2, 0.25) is 0 Å². The zero-order chi connectivity index (χ0) is 11.4. The highest BCUT2D eigenvalue weighted by atomic mass is 16.5. The van der Waals surface area contributed by atoms with Crippen molar-refractivity contribution in [2.45, 2.75) is 13.3 Å². The quantitative estimate of drug-likeness (QED) is 0.825. The Balaban J connectivity index is 3.40. The van der Waals surface area contributed by atoms with Gasteiger partial charge in [-0.3, -0.25) is 0 Å². The van der Waals surface area contributed by atoms with Crippen molar-refractivity contribution in [2.75, 3.05) is 14.2 Å². The van der Waals surface area contributed by atoms with Gasteiger partial charge < -0.3 is 14.6 Å². The maximum Gasteiger partial charge on any atom is 0.339 e. The molecule has 0 aliphatic heterocycles. The molecular weight excluding hydrogens is 196 g/mol. The molecule has 0 saturated heterocycles. The molecule has 1 rings (SSSR count). The van der Waals surface area contributed by atoms with Gasteiger partial charge in [0.05, 0.1) is 14.2 Å². The Bertz CT molecular complexity index is 371. The lowest BCUT2D eigenvalue weighted by atomic mass is 10.1. The number of hydrogen-bond acceptors (Lipinski definition) is 3. The van der Waals surface area contributed by atoms with Crippen molar-refractivity contribution in [1.29, 1.82) is 0 Å². The minimum Gasteiger partial charge on any atom is -0.496 e. The minimum absolute atomic E-state index is 0.162. The van der Waals surface area contributed by atoms with Crippen molar-refractivity contribution in [3.8, 4) is 11.5 Å². The van der Waals surface area contributed by atoms with Crippen molar-refractivity contribution in [3.05, 3.63) is 23.3 Å². The first-order valence-electron chi connectivity index (χ1n) is 4.62. The summed E-state index contributed by atoms with van der Waals surface area (Å²) in [6.45, 7) is 1.92. The Morgan fingerprint density at radius 1 is 1.33 bits per heavy atom. The molecule has 0 aliphatic carbocycles. The number of carboxylic acids is 1. The van der Waals surface area contributed by atoms with E-state index in [1.54, 1.807) is 13.2 Å². The maximum atomic E-state index is 10.9. The van der Waals surface area contributed by atoms with Crippen LogP contribution in [-0.2, 0) is 6.42 Å². The summed E-state index contributed by atoms with van der Waals surface area (Å²) in [4.78, 5) is 10.9. The predicted octanol–water partition coefficient (Wildman–Crippen LogP) is 1.96. The zero-order valence-corrected chi connectivity index (χ0v) is 9.03. The van der Waals surface area contributed by atoms with E-state index in [9.17, 15) is 4.79 Å². The largest absolute Gasteiger partial charge is 0.496 e. The first-order valence-corrected chi connectivity index (χ1v) is 4.62. The molecule has 4 nitrogen and oxygen atoms in total. The Morgan fingerprint density at radius 2 is 2.00 bits per heavy atom. The van der Waals surface area contributed by atoms with Crippen LogP contribution in [0.15, 0.2) is 12.1 Å². The van der Waals surface area contributed by atoms with Gasteiger partial charge in [0.1, 0.15) is 17.1 Å². The van der Waals surface area contributed by atoms with E-state index in [1.165, 1.54) is 13.2 Å². The number of carbonyl (C=O) groups is 1. The number of benzene rings is 1. The summed E-state index contributed by atoms with van der Waals surface area (Å²) in [5, 5.41) is 8.96. The fraction of sp³-hybridized carbons (Fsp3) is 0.364. The van der Waals surface area contributed by atoms with E-state index in [2.05, 4.69) is 0 Å². The molecule has 0 spiro atoms. The minimum atomic E-state index is -0.996. The Hall–Kier alpha value is -1.71. The molecule has 1 aromatic carbocycles. The normalized spacial score (nSPS) is 9.80. The monoisotopic (exact) mass is 210 g/mol.